The number of nitrogens with two attached hydrogens (primary N) is 1. The molecule has 0 saturated heterocycles. The average Bonchev–Trinajstić information content (AvgIpc) is 2.28. The molecule has 2 unspecified atom stereocenters. The van der Waals surface area contributed by atoms with Crippen LogP contribution in [0.4, 0.5) is 0 Å². The first-order chi connectivity index (χ1) is 6.64. The molecule has 78 valence electrons. The fourth-order valence-corrected chi connectivity index (χ4v) is 1.39. The summed E-state index contributed by atoms with van der Waals surface area (Å²) in [6.45, 7) is 4.50. The number of hydrogen-bond donors (Lipinski definition) is 2. The minimum absolute atomic E-state index is 0.261. The molecule has 0 aliphatic rings. The van der Waals surface area contributed by atoms with Crippen molar-refractivity contribution in [1.82, 2.24) is 4.98 Å². The largest absolute Gasteiger partial charge is 0.388 e. The van der Waals surface area contributed by atoms with Gasteiger partial charge in [0.15, 0.2) is 0 Å². The van der Waals surface area contributed by atoms with E-state index in [1.54, 1.807) is 12.4 Å². The molecule has 0 saturated carbocycles. The fraction of sp³-hybridized carbons (Fsp3) is 0.545. The highest BCUT2D eigenvalue weighted by molar-refractivity contribution is 5.14. The number of hydrogen-bond acceptors (Lipinski definition) is 3. The summed E-state index contributed by atoms with van der Waals surface area (Å²) < 4.78 is 0. The van der Waals surface area contributed by atoms with E-state index in [-0.39, 0.29) is 5.41 Å². The lowest BCUT2D eigenvalue weighted by atomic mass is 9.79. The molecule has 1 aromatic rings. The van der Waals surface area contributed by atoms with Crippen molar-refractivity contribution in [2.75, 3.05) is 6.54 Å². The van der Waals surface area contributed by atoms with Crippen molar-refractivity contribution in [2.24, 2.45) is 11.1 Å². The van der Waals surface area contributed by atoms with Crippen molar-refractivity contribution in [1.29, 1.82) is 0 Å². The first-order valence-electron chi connectivity index (χ1n) is 4.92. The Labute approximate surface area is 85.0 Å². The molecule has 0 aromatic carbocycles. The number of rotatable bonds is 4. The SMILES string of the molecule is CCC(C)(CN)C(O)c1cccnc1. The molecule has 2 atom stereocenters. The van der Waals surface area contributed by atoms with E-state index in [0.717, 1.165) is 12.0 Å². The Kier molecular flexibility index (Phi) is 3.61. The lowest BCUT2D eigenvalue weighted by Gasteiger charge is -2.32. The lowest BCUT2D eigenvalue weighted by Crippen LogP contribution is -2.33. The van der Waals surface area contributed by atoms with E-state index in [2.05, 4.69) is 4.98 Å². The van der Waals surface area contributed by atoms with Crippen LogP contribution in [0.1, 0.15) is 31.9 Å². The van der Waals surface area contributed by atoms with Crippen LogP contribution in [0.25, 0.3) is 0 Å². The molecule has 0 aliphatic heterocycles. The number of pyridine rings is 1. The lowest BCUT2D eigenvalue weighted by molar-refractivity contribution is 0.0389. The zero-order valence-electron chi connectivity index (χ0n) is 8.77. The van der Waals surface area contributed by atoms with Crippen molar-refractivity contribution >= 4 is 0 Å². The Morgan fingerprint density at radius 1 is 1.64 bits per heavy atom. The first-order valence-corrected chi connectivity index (χ1v) is 4.92. The van der Waals surface area contributed by atoms with Crippen molar-refractivity contribution in [3.8, 4) is 0 Å². The fourth-order valence-electron chi connectivity index (χ4n) is 1.39. The summed E-state index contributed by atoms with van der Waals surface area (Å²) in [6, 6.07) is 3.70. The maximum Gasteiger partial charge on any atom is 0.0870 e. The van der Waals surface area contributed by atoms with Crippen LogP contribution in [-0.4, -0.2) is 16.6 Å². The summed E-state index contributed by atoms with van der Waals surface area (Å²) in [5.41, 5.74) is 6.25. The molecule has 14 heavy (non-hydrogen) atoms. The van der Waals surface area contributed by atoms with Crippen molar-refractivity contribution in [3.63, 3.8) is 0 Å². The molecule has 3 heteroatoms. The van der Waals surface area contributed by atoms with E-state index >= 15 is 0 Å². The number of aliphatic hydroxyl groups is 1. The minimum atomic E-state index is -0.536. The van der Waals surface area contributed by atoms with Crippen LogP contribution in [-0.2, 0) is 0 Å². The van der Waals surface area contributed by atoms with Gasteiger partial charge in [0.2, 0.25) is 0 Å². The first kappa shape index (κ1) is 11.1. The van der Waals surface area contributed by atoms with Gasteiger partial charge in [0.05, 0.1) is 6.10 Å². The van der Waals surface area contributed by atoms with Gasteiger partial charge in [0.1, 0.15) is 0 Å². The third kappa shape index (κ3) is 2.11. The van der Waals surface area contributed by atoms with Gasteiger partial charge in [-0.25, -0.2) is 0 Å². The molecule has 0 aliphatic carbocycles. The van der Waals surface area contributed by atoms with E-state index in [1.807, 2.05) is 26.0 Å². The maximum absolute atomic E-state index is 10.1. The van der Waals surface area contributed by atoms with Crippen LogP contribution in [0.3, 0.4) is 0 Å². The molecular weight excluding hydrogens is 176 g/mol. The average molecular weight is 194 g/mol. The quantitative estimate of drug-likeness (QED) is 0.763. The molecule has 0 radical (unpaired) electrons. The monoisotopic (exact) mass is 194 g/mol. The zero-order chi connectivity index (χ0) is 10.6. The molecule has 3 nitrogen and oxygen atoms in total. The summed E-state index contributed by atoms with van der Waals surface area (Å²) in [7, 11) is 0. The van der Waals surface area contributed by atoms with E-state index in [0.29, 0.717) is 6.54 Å². The van der Waals surface area contributed by atoms with Gasteiger partial charge in [-0.2, -0.15) is 0 Å². The maximum atomic E-state index is 10.1. The van der Waals surface area contributed by atoms with Crippen LogP contribution in [0.15, 0.2) is 24.5 Å². The van der Waals surface area contributed by atoms with Crippen LogP contribution in [0, 0.1) is 5.41 Å². The number of aromatic nitrogens is 1. The number of nitrogens with zero attached hydrogens (tertiary/aromatic N) is 1. The summed E-state index contributed by atoms with van der Waals surface area (Å²) >= 11 is 0. The van der Waals surface area contributed by atoms with Crippen molar-refractivity contribution in [3.05, 3.63) is 30.1 Å². The van der Waals surface area contributed by atoms with E-state index in [9.17, 15) is 5.11 Å². The predicted octanol–water partition coefficient (Wildman–Crippen LogP) is 1.49. The second-order valence-corrected chi connectivity index (χ2v) is 3.90. The Morgan fingerprint density at radius 2 is 2.36 bits per heavy atom. The third-order valence-electron chi connectivity index (χ3n) is 2.93. The van der Waals surface area contributed by atoms with Gasteiger partial charge >= 0.3 is 0 Å². The molecule has 0 amide bonds. The predicted molar refractivity (Wildman–Crippen MR) is 56.6 cm³/mol. The molecular formula is C11H18N2O. The van der Waals surface area contributed by atoms with Crippen molar-refractivity contribution in [2.45, 2.75) is 26.4 Å². The van der Waals surface area contributed by atoms with Gasteiger partial charge in [-0.05, 0) is 18.1 Å². The normalized spacial score (nSPS) is 17.4. The molecule has 0 spiro atoms. The second kappa shape index (κ2) is 4.53. The highest BCUT2D eigenvalue weighted by Gasteiger charge is 2.30. The summed E-state index contributed by atoms with van der Waals surface area (Å²) in [4.78, 5) is 3.99. The Bertz CT molecular complexity index is 270. The van der Waals surface area contributed by atoms with E-state index in [4.69, 9.17) is 5.73 Å². The van der Waals surface area contributed by atoms with E-state index < -0.39 is 6.10 Å². The highest BCUT2D eigenvalue weighted by Crippen LogP contribution is 2.35. The van der Waals surface area contributed by atoms with Gasteiger partial charge in [-0.1, -0.05) is 19.9 Å². The molecule has 0 bridgehead atoms. The summed E-state index contributed by atoms with van der Waals surface area (Å²) in [5.74, 6) is 0. The summed E-state index contributed by atoms with van der Waals surface area (Å²) in [6.07, 6.45) is 3.70. The Balaban J connectivity index is 2.89. The van der Waals surface area contributed by atoms with Crippen molar-refractivity contribution < 1.29 is 5.11 Å². The van der Waals surface area contributed by atoms with Gasteiger partial charge < -0.3 is 10.8 Å². The third-order valence-corrected chi connectivity index (χ3v) is 2.93. The Hall–Kier alpha value is -0.930. The zero-order valence-corrected chi connectivity index (χ0v) is 8.77. The van der Waals surface area contributed by atoms with Gasteiger partial charge in [-0.15, -0.1) is 0 Å². The van der Waals surface area contributed by atoms with Gasteiger partial charge in [0, 0.05) is 24.4 Å². The molecule has 0 fully saturated rings. The molecule has 1 aromatic heterocycles. The smallest absolute Gasteiger partial charge is 0.0870 e. The van der Waals surface area contributed by atoms with Crippen LogP contribution >= 0.6 is 0 Å². The van der Waals surface area contributed by atoms with Crippen LogP contribution < -0.4 is 5.73 Å². The number of aliphatic hydroxyl groups excluding tert-OH is 1. The molecule has 1 heterocycles. The highest BCUT2D eigenvalue weighted by atomic mass is 16.3. The summed E-state index contributed by atoms with van der Waals surface area (Å²) in [5, 5.41) is 10.1. The Morgan fingerprint density at radius 3 is 2.79 bits per heavy atom. The standard InChI is InChI=1S/C11H18N2O/c1-3-11(2,8-12)10(14)9-5-4-6-13-7-9/h4-7,10,14H,3,8,12H2,1-2H3. The topological polar surface area (TPSA) is 59.1 Å². The minimum Gasteiger partial charge on any atom is -0.388 e. The van der Waals surface area contributed by atoms with Gasteiger partial charge in [-0.3, -0.25) is 4.98 Å². The second-order valence-electron chi connectivity index (χ2n) is 3.90. The molecule has 3 N–H and O–H groups in total. The van der Waals surface area contributed by atoms with Gasteiger partial charge in [0.25, 0.3) is 0 Å². The molecule has 1 rings (SSSR count). The van der Waals surface area contributed by atoms with Crippen LogP contribution in [0.5, 0.6) is 0 Å². The van der Waals surface area contributed by atoms with Crippen LogP contribution in [0.2, 0.25) is 0 Å². The van der Waals surface area contributed by atoms with E-state index in [1.165, 1.54) is 0 Å².